The van der Waals surface area contributed by atoms with Crippen molar-refractivity contribution >= 4 is 5.91 Å². The van der Waals surface area contributed by atoms with E-state index in [-0.39, 0.29) is 12.5 Å². The molecule has 0 aliphatic carbocycles. The van der Waals surface area contributed by atoms with Crippen LogP contribution in [0.25, 0.3) is 0 Å². The Morgan fingerprint density at radius 1 is 1.67 bits per heavy atom. The van der Waals surface area contributed by atoms with E-state index in [4.69, 9.17) is 11.0 Å². The summed E-state index contributed by atoms with van der Waals surface area (Å²) in [5.41, 5.74) is 5.54. The second kappa shape index (κ2) is 5.56. The van der Waals surface area contributed by atoms with Crippen LogP contribution < -0.4 is 11.1 Å². The van der Waals surface area contributed by atoms with E-state index in [1.807, 2.05) is 19.9 Å². The third kappa shape index (κ3) is 4.69. The molecule has 0 saturated heterocycles. The second-order valence-electron chi connectivity index (χ2n) is 3.11. The highest BCUT2D eigenvalue weighted by Crippen LogP contribution is 2.01. The first-order valence-corrected chi connectivity index (χ1v) is 3.98. The van der Waals surface area contributed by atoms with Crippen LogP contribution in [0.2, 0.25) is 0 Å². The van der Waals surface area contributed by atoms with Gasteiger partial charge in [0.25, 0.3) is 0 Å². The highest BCUT2D eigenvalue weighted by atomic mass is 16.2. The van der Waals surface area contributed by atoms with Crippen molar-refractivity contribution in [3.8, 4) is 6.07 Å². The molecule has 0 aromatic carbocycles. The molecule has 0 heterocycles. The Hall–Kier alpha value is -1.08. The summed E-state index contributed by atoms with van der Waals surface area (Å²) in [7, 11) is 0. The zero-order valence-electron chi connectivity index (χ0n) is 7.50. The Morgan fingerprint density at radius 2 is 2.25 bits per heavy atom. The monoisotopic (exact) mass is 169 g/mol. The number of nitrogens with two attached hydrogens (primary N) is 1. The van der Waals surface area contributed by atoms with Gasteiger partial charge in [-0.2, -0.15) is 5.26 Å². The molecule has 1 atom stereocenters. The van der Waals surface area contributed by atoms with Crippen LogP contribution in [0.1, 0.15) is 20.3 Å². The standard InChI is InChI=1S/C8H15N3O/c1-6(2)5-7(10)8(12)11-4-3-9/h6-7H,4-5,10H2,1-2H3,(H,11,12)/t7-/m1/s1. The highest BCUT2D eigenvalue weighted by molar-refractivity contribution is 5.81. The minimum Gasteiger partial charge on any atom is -0.342 e. The predicted molar refractivity (Wildman–Crippen MR) is 46.1 cm³/mol. The number of amides is 1. The van der Waals surface area contributed by atoms with Gasteiger partial charge in [-0.15, -0.1) is 0 Å². The minimum absolute atomic E-state index is 0.0324. The van der Waals surface area contributed by atoms with Crippen LogP contribution in [-0.4, -0.2) is 18.5 Å². The van der Waals surface area contributed by atoms with Gasteiger partial charge < -0.3 is 11.1 Å². The van der Waals surface area contributed by atoms with E-state index in [1.165, 1.54) is 0 Å². The van der Waals surface area contributed by atoms with Crippen molar-refractivity contribution in [1.82, 2.24) is 5.32 Å². The summed E-state index contributed by atoms with van der Waals surface area (Å²) >= 11 is 0. The molecule has 0 aliphatic rings. The summed E-state index contributed by atoms with van der Waals surface area (Å²) in [5, 5.41) is 10.6. The maximum atomic E-state index is 11.1. The van der Waals surface area contributed by atoms with E-state index in [0.29, 0.717) is 12.3 Å². The number of nitriles is 1. The molecule has 0 aromatic heterocycles. The summed E-state index contributed by atoms with van der Waals surface area (Å²) in [6.45, 7) is 4.03. The molecule has 0 unspecified atom stereocenters. The first-order valence-electron chi connectivity index (χ1n) is 3.98. The van der Waals surface area contributed by atoms with Crippen molar-refractivity contribution in [2.45, 2.75) is 26.3 Å². The zero-order valence-corrected chi connectivity index (χ0v) is 7.50. The third-order valence-corrected chi connectivity index (χ3v) is 1.40. The van der Waals surface area contributed by atoms with Crippen LogP contribution in [0.5, 0.6) is 0 Å². The first-order chi connectivity index (χ1) is 5.57. The maximum absolute atomic E-state index is 11.1. The average molecular weight is 169 g/mol. The van der Waals surface area contributed by atoms with E-state index in [9.17, 15) is 4.79 Å². The minimum atomic E-state index is -0.488. The Kier molecular flexibility index (Phi) is 5.06. The fraction of sp³-hybridized carbons (Fsp3) is 0.750. The van der Waals surface area contributed by atoms with Gasteiger partial charge >= 0.3 is 0 Å². The number of hydrogen-bond donors (Lipinski definition) is 2. The molecule has 68 valence electrons. The molecule has 0 radical (unpaired) electrons. The average Bonchev–Trinajstić information content (AvgIpc) is 1.98. The van der Waals surface area contributed by atoms with Gasteiger partial charge in [0.2, 0.25) is 5.91 Å². The molecule has 0 fully saturated rings. The Labute approximate surface area is 72.7 Å². The molecule has 0 spiro atoms. The predicted octanol–water partition coefficient (Wildman–Crippen LogP) is -0.000420. The van der Waals surface area contributed by atoms with E-state index < -0.39 is 6.04 Å². The fourth-order valence-electron chi connectivity index (χ4n) is 0.873. The summed E-state index contributed by atoms with van der Waals surface area (Å²) < 4.78 is 0. The largest absolute Gasteiger partial charge is 0.342 e. The van der Waals surface area contributed by atoms with Crippen molar-refractivity contribution in [3.05, 3.63) is 0 Å². The molecule has 0 saturated carbocycles. The van der Waals surface area contributed by atoms with Crippen molar-refractivity contribution in [1.29, 1.82) is 5.26 Å². The molecule has 0 bridgehead atoms. The Balaban J connectivity index is 3.70. The van der Waals surface area contributed by atoms with Gasteiger partial charge in [-0.05, 0) is 12.3 Å². The highest BCUT2D eigenvalue weighted by Gasteiger charge is 2.13. The van der Waals surface area contributed by atoms with Crippen LogP contribution in [-0.2, 0) is 4.79 Å². The van der Waals surface area contributed by atoms with E-state index in [0.717, 1.165) is 0 Å². The topological polar surface area (TPSA) is 78.9 Å². The number of nitrogens with one attached hydrogen (secondary N) is 1. The lowest BCUT2D eigenvalue weighted by molar-refractivity contribution is -0.122. The van der Waals surface area contributed by atoms with E-state index in [2.05, 4.69) is 5.32 Å². The lowest BCUT2D eigenvalue weighted by atomic mass is 10.0. The molecule has 0 aliphatic heterocycles. The number of carbonyl (C=O) groups is 1. The Bertz CT molecular complexity index is 183. The van der Waals surface area contributed by atoms with Gasteiger partial charge in [-0.1, -0.05) is 13.8 Å². The molecule has 12 heavy (non-hydrogen) atoms. The quantitative estimate of drug-likeness (QED) is 0.581. The van der Waals surface area contributed by atoms with E-state index >= 15 is 0 Å². The number of nitrogens with zero attached hydrogens (tertiary/aromatic N) is 1. The molecular weight excluding hydrogens is 154 g/mol. The normalized spacial score (nSPS) is 12.2. The third-order valence-electron chi connectivity index (χ3n) is 1.40. The van der Waals surface area contributed by atoms with Gasteiger partial charge in [-0.3, -0.25) is 4.79 Å². The molecule has 4 heteroatoms. The number of carbonyl (C=O) groups excluding carboxylic acids is 1. The molecule has 0 rings (SSSR count). The summed E-state index contributed by atoms with van der Waals surface area (Å²) in [5.74, 6) is 0.151. The zero-order chi connectivity index (χ0) is 9.56. The summed E-state index contributed by atoms with van der Waals surface area (Å²) in [4.78, 5) is 11.1. The SMILES string of the molecule is CC(C)C[C@@H](N)C(=O)NCC#N. The second-order valence-corrected chi connectivity index (χ2v) is 3.11. The van der Waals surface area contributed by atoms with Crippen LogP contribution >= 0.6 is 0 Å². The molecule has 3 N–H and O–H groups in total. The molecule has 4 nitrogen and oxygen atoms in total. The maximum Gasteiger partial charge on any atom is 0.237 e. The van der Waals surface area contributed by atoms with Crippen molar-refractivity contribution in [2.24, 2.45) is 11.7 Å². The van der Waals surface area contributed by atoms with Gasteiger partial charge in [0.1, 0.15) is 6.54 Å². The van der Waals surface area contributed by atoms with Crippen LogP contribution in [0.15, 0.2) is 0 Å². The summed E-state index contributed by atoms with van der Waals surface area (Å²) in [6.07, 6.45) is 0.650. The molecular formula is C8H15N3O. The van der Waals surface area contributed by atoms with Crippen LogP contribution in [0.3, 0.4) is 0 Å². The lowest BCUT2D eigenvalue weighted by Gasteiger charge is -2.12. The van der Waals surface area contributed by atoms with Crippen molar-refractivity contribution < 1.29 is 4.79 Å². The van der Waals surface area contributed by atoms with Gasteiger partial charge in [-0.25, -0.2) is 0 Å². The van der Waals surface area contributed by atoms with Crippen molar-refractivity contribution in [2.75, 3.05) is 6.54 Å². The lowest BCUT2D eigenvalue weighted by Crippen LogP contribution is -2.41. The van der Waals surface area contributed by atoms with Crippen LogP contribution in [0.4, 0.5) is 0 Å². The Morgan fingerprint density at radius 3 is 2.67 bits per heavy atom. The fourth-order valence-corrected chi connectivity index (χ4v) is 0.873. The number of hydrogen-bond acceptors (Lipinski definition) is 3. The van der Waals surface area contributed by atoms with E-state index in [1.54, 1.807) is 0 Å². The molecule has 0 aromatic rings. The molecule has 1 amide bonds. The van der Waals surface area contributed by atoms with Crippen LogP contribution in [0, 0.1) is 17.2 Å². The van der Waals surface area contributed by atoms with Gasteiger partial charge in [0.15, 0.2) is 0 Å². The first kappa shape index (κ1) is 10.9. The smallest absolute Gasteiger partial charge is 0.237 e. The summed E-state index contributed by atoms with van der Waals surface area (Å²) in [6, 6.07) is 1.33. The van der Waals surface area contributed by atoms with Gasteiger partial charge in [0, 0.05) is 0 Å². The number of rotatable bonds is 4. The van der Waals surface area contributed by atoms with Gasteiger partial charge in [0.05, 0.1) is 12.1 Å². The van der Waals surface area contributed by atoms with Crippen molar-refractivity contribution in [3.63, 3.8) is 0 Å².